The van der Waals surface area contributed by atoms with Crippen LogP contribution in [0.4, 0.5) is 0 Å². The number of thiazole rings is 1. The molecule has 0 bridgehead atoms. The number of amides is 2. The largest absolute Gasteiger partial charge is 0.381 e. The average molecular weight is 527 g/mol. The van der Waals surface area contributed by atoms with E-state index in [1.54, 1.807) is 16.6 Å². The van der Waals surface area contributed by atoms with Crippen molar-refractivity contribution in [3.8, 4) is 0 Å². The molecule has 0 radical (unpaired) electrons. The van der Waals surface area contributed by atoms with Crippen LogP contribution in [0.15, 0.2) is 29.9 Å². The number of hydrogen-bond donors (Lipinski definition) is 0. The van der Waals surface area contributed by atoms with E-state index in [2.05, 4.69) is 31.0 Å². The predicted molar refractivity (Wildman–Crippen MR) is 141 cm³/mol. The minimum atomic E-state index is -0.0847. The van der Waals surface area contributed by atoms with E-state index in [1.165, 1.54) is 24.2 Å². The molecule has 6 rings (SSSR count). The number of hydrogen-bond acceptors (Lipinski definition) is 7. The van der Waals surface area contributed by atoms with Gasteiger partial charge in [-0.05, 0) is 43.2 Å². The van der Waals surface area contributed by atoms with Crippen LogP contribution in [0.3, 0.4) is 0 Å². The van der Waals surface area contributed by atoms with Crippen molar-refractivity contribution in [1.82, 2.24) is 19.8 Å². The van der Waals surface area contributed by atoms with Crippen LogP contribution in [-0.2, 0) is 20.9 Å². The van der Waals surface area contributed by atoms with Gasteiger partial charge in [0.05, 0.1) is 30.6 Å². The van der Waals surface area contributed by atoms with Gasteiger partial charge in [-0.3, -0.25) is 19.6 Å². The van der Waals surface area contributed by atoms with Crippen LogP contribution in [0.5, 0.6) is 0 Å². The van der Waals surface area contributed by atoms with Crippen LogP contribution in [0.1, 0.15) is 66.5 Å². The fourth-order valence-electron chi connectivity index (χ4n) is 5.45. The molecule has 1 saturated carbocycles. The third kappa shape index (κ3) is 6.38. The van der Waals surface area contributed by atoms with Gasteiger partial charge in [0, 0.05) is 62.3 Å². The van der Waals surface area contributed by atoms with Gasteiger partial charge in [-0.15, -0.1) is 11.3 Å². The summed E-state index contributed by atoms with van der Waals surface area (Å²) in [6, 6.07) is 6.15. The molecule has 2 aromatic heterocycles. The van der Waals surface area contributed by atoms with Crippen molar-refractivity contribution in [3.05, 3.63) is 46.2 Å². The van der Waals surface area contributed by atoms with E-state index in [0.717, 1.165) is 49.3 Å². The lowest BCUT2D eigenvalue weighted by atomic mass is 9.72. The van der Waals surface area contributed by atoms with E-state index in [9.17, 15) is 9.59 Å². The molecule has 3 saturated heterocycles. The smallest absolute Gasteiger partial charge is 0.265 e. The molecule has 2 aromatic rings. The molecule has 9 heteroatoms. The van der Waals surface area contributed by atoms with E-state index >= 15 is 0 Å². The summed E-state index contributed by atoms with van der Waals surface area (Å²) in [5, 5.41) is 0. The molecular formula is C28H38N4O4S. The highest BCUT2D eigenvalue weighted by atomic mass is 32.1. The summed E-state index contributed by atoms with van der Waals surface area (Å²) in [6.45, 7) is 9.82. The van der Waals surface area contributed by atoms with Gasteiger partial charge in [-0.2, -0.15) is 0 Å². The van der Waals surface area contributed by atoms with Gasteiger partial charge < -0.3 is 19.3 Å². The van der Waals surface area contributed by atoms with Crippen LogP contribution in [-0.4, -0.2) is 78.1 Å². The van der Waals surface area contributed by atoms with Crippen LogP contribution in [0, 0.1) is 16.7 Å². The first-order chi connectivity index (χ1) is 17.9. The Morgan fingerprint density at radius 1 is 1.22 bits per heavy atom. The van der Waals surface area contributed by atoms with E-state index in [0.29, 0.717) is 50.2 Å². The average Bonchev–Trinajstić information content (AvgIpc) is 3.28. The standard InChI is InChI=1S/C23H28N4O4S.C5H10/c28-16-26-12-23(13-26)14-27(22(29)21-8-24-15-32-21)9-18(23)10-31-11-19-2-1-3-20(25-19)17-4-6-30-7-5-17;1-5(2)3-4-5/h1-3,8,15-18H,4-7,9-14H2;3-4H2,1-2H3. The van der Waals surface area contributed by atoms with Crippen molar-refractivity contribution in [2.24, 2.45) is 16.7 Å². The SMILES string of the molecule is CC1(C)CC1.O=CN1CC2(C1)CN(C(=O)c1cncs1)CC2COCc1cccc(C2CCOCC2)n1. The Balaban J connectivity index is 0.000000503. The Morgan fingerprint density at radius 2 is 1.97 bits per heavy atom. The minimum Gasteiger partial charge on any atom is -0.381 e. The molecule has 1 unspecified atom stereocenters. The zero-order valence-corrected chi connectivity index (χ0v) is 22.8. The highest BCUT2D eigenvalue weighted by Gasteiger charge is 2.55. The maximum Gasteiger partial charge on any atom is 0.265 e. The van der Waals surface area contributed by atoms with Gasteiger partial charge in [-0.1, -0.05) is 19.9 Å². The highest BCUT2D eigenvalue weighted by Crippen LogP contribution is 2.44. The second kappa shape index (κ2) is 11.2. The number of pyridine rings is 1. The first-order valence-electron chi connectivity index (χ1n) is 13.4. The molecule has 0 N–H and O–H groups in total. The summed E-state index contributed by atoms with van der Waals surface area (Å²) < 4.78 is 11.6. The molecular weight excluding hydrogens is 488 g/mol. The van der Waals surface area contributed by atoms with Gasteiger partial charge in [-0.25, -0.2) is 0 Å². The molecule has 1 spiro atoms. The molecule has 0 aromatic carbocycles. The van der Waals surface area contributed by atoms with Gasteiger partial charge in [0.2, 0.25) is 6.41 Å². The van der Waals surface area contributed by atoms with Crippen LogP contribution >= 0.6 is 11.3 Å². The van der Waals surface area contributed by atoms with E-state index < -0.39 is 0 Å². The Bertz CT molecular complexity index is 1060. The molecule has 8 nitrogen and oxygen atoms in total. The summed E-state index contributed by atoms with van der Waals surface area (Å²) in [5.41, 5.74) is 4.40. The molecule has 37 heavy (non-hydrogen) atoms. The third-order valence-corrected chi connectivity index (χ3v) is 8.98. The topological polar surface area (TPSA) is 84.9 Å². The van der Waals surface area contributed by atoms with E-state index in [1.807, 2.05) is 11.0 Å². The molecule has 3 aliphatic heterocycles. The number of nitrogens with zero attached hydrogens (tertiary/aromatic N) is 4. The fraction of sp³-hybridized carbons (Fsp3) is 0.643. The summed E-state index contributed by atoms with van der Waals surface area (Å²) >= 11 is 1.36. The predicted octanol–water partition coefficient (Wildman–Crippen LogP) is 3.99. The van der Waals surface area contributed by atoms with Crippen LogP contribution < -0.4 is 0 Å². The first-order valence-corrected chi connectivity index (χ1v) is 14.2. The fourth-order valence-corrected chi connectivity index (χ4v) is 6.03. The third-order valence-electron chi connectivity index (χ3n) is 8.21. The van der Waals surface area contributed by atoms with Crippen molar-refractivity contribution in [2.45, 2.75) is 52.1 Å². The molecule has 1 atom stereocenters. The normalized spacial score (nSPS) is 23.8. The number of ether oxygens (including phenoxy) is 2. The van der Waals surface area contributed by atoms with Crippen molar-refractivity contribution in [3.63, 3.8) is 0 Å². The summed E-state index contributed by atoms with van der Waals surface area (Å²) in [5.74, 6) is 0.663. The number of aromatic nitrogens is 2. The van der Waals surface area contributed by atoms with Gasteiger partial charge in [0.15, 0.2) is 0 Å². The van der Waals surface area contributed by atoms with Gasteiger partial charge >= 0.3 is 0 Å². The van der Waals surface area contributed by atoms with Crippen molar-refractivity contribution in [2.75, 3.05) is 46.0 Å². The van der Waals surface area contributed by atoms with Crippen LogP contribution in [0.2, 0.25) is 0 Å². The monoisotopic (exact) mass is 526 g/mol. The van der Waals surface area contributed by atoms with Crippen molar-refractivity contribution in [1.29, 1.82) is 0 Å². The summed E-state index contributed by atoms with van der Waals surface area (Å²) in [7, 11) is 0. The number of likely N-dealkylation sites (tertiary alicyclic amines) is 2. The maximum absolute atomic E-state index is 12.9. The van der Waals surface area contributed by atoms with Gasteiger partial charge in [0.1, 0.15) is 4.88 Å². The number of rotatable bonds is 7. The lowest BCUT2D eigenvalue weighted by molar-refractivity contribution is -0.132. The van der Waals surface area contributed by atoms with E-state index in [4.69, 9.17) is 14.5 Å². The lowest BCUT2D eigenvalue weighted by Crippen LogP contribution is -2.60. The molecule has 4 fully saturated rings. The number of carbonyl (C=O) groups excluding carboxylic acids is 2. The van der Waals surface area contributed by atoms with Gasteiger partial charge in [0.25, 0.3) is 5.91 Å². The molecule has 1 aliphatic carbocycles. The molecule has 200 valence electrons. The first kappa shape index (κ1) is 26.3. The Labute approximate surface area is 223 Å². The quantitative estimate of drug-likeness (QED) is 0.508. The minimum absolute atomic E-state index is 0.0183. The summed E-state index contributed by atoms with van der Waals surface area (Å²) in [4.78, 5) is 37.2. The maximum atomic E-state index is 12.9. The zero-order valence-electron chi connectivity index (χ0n) is 21.9. The number of carbonyl (C=O) groups is 2. The Kier molecular flexibility index (Phi) is 7.93. The molecule has 4 aliphatic rings. The molecule has 5 heterocycles. The van der Waals surface area contributed by atoms with Crippen molar-refractivity contribution >= 4 is 23.7 Å². The highest BCUT2D eigenvalue weighted by molar-refractivity contribution is 7.11. The lowest BCUT2D eigenvalue weighted by Gasteiger charge is -2.49. The summed E-state index contributed by atoms with van der Waals surface area (Å²) in [6.07, 6.45) is 7.44. The Morgan fingerprint density at radius 3 is 2.62 bits per heavy atom. The van der Waals surface area contributed by atoms with E-state index in [-0.39, 0.29) is 17.2 Å². The second-order valence-electron chi connectivity index (χ2n) is 11.7. The Hall–Kier alpha value is -2.36. The van der Waals surface area contributed by atoms with Crippen LogP contribution in [0.25, 0.3) is 0 Å². The van der Waals surface area contributed by atoms with Crippen molar-refractivity contribution < 1.29 is 19.1 Å². The second-order valence-corrected chi connectivity index (χ2v) is 12.6. The zero-order chi connectivity index (χ0) is 25.9. The molecule has 2 amide bonds.